The Hall–Kier alpha value is -4.66. The lowest BCUT2D eigenvalue weighted by molar-refractivity contribution is 0.403. The van der Waals surface area contributed by atoms with Crippen molar-refractivity contribution in [1.82, 2.24) is 0 Å². The van der Waals surface area contributed by atoms with Gasteiger partial charge in [-0.15, -0.1) is 0 Å². The Morgan fingerprint density at radius 1 is 0.440 bits per heavy atom. The van der Waals surface area contributed by atoms with E-state index in [0.717, 1.165) is 0 Å². The van der Waals surface area contributed by atoms with Gasteiger partial charge in [0.2, 0.25) is 0 Å². The molecule has 0 bridgehead atoms. The number of hydrogen-bond acceptors (Lipinski definition) is 1. The van der Waals surface area contributed by atoms with Crippen LogP contribution in [0.15, 0.2) is 127 Å². The summed E-state index contributed by atoms with van der Waals surface area (Å²) in [5, 5.41) is 3.07. The molecule has 2 aliphatic carbocycles. The van der Waals surface area contributed by atoms with E-state index < -0.39 is 8.07 Å². The van der Waals surface area contributed by atoms with Gasteiger partial charge >= 0.3 is 0 Å². The molecule has 248 valence electrons. The molecule has 0 radical (unpaired) electrons. The number of rotatable bonds is 4. The minimum absolute atomic E-state index is 0.0676. The van der Waals surface area contributed by atoms with E-state index in [9.17, 15) is 0 Å². The Bertz CT molecular complexity index is 2250. The number of benzene rings is 6. The van der Waals surface area contributed by atoms with Gasteiger partial charge in [0.15, 0.2) is 0 Å². The predicted molar refractivity (Wildman–Crippen MR) is 217 cm³/mol. The lowest BCUT2D eigenvalue weighted by atomic mass is 9.82. The van der Waals surface area contributed by atoms with Gasteiger partial charge < -0.3 is 4.90 Å². The normalized spacial score (nSPS) is 17.8. The van der Waals surface area contributed by atoms with Crippen molar-refractivity contribution in [3.05, 3.63) is 150 Å². The molecule has 0 N–H and O–H groups in total. The highest BCUT2D eigenvalue weighted by molar-refractivity contribution is 7.03. The first kappa shape index (κ1) is 31.3. The van der Waals surface area contributed by atoms with Gasteiger partial charge in [0.05, 0.1) is 0 Å². The van der Waals surface area contributed by atoms with E-state index in [1.165, 1.54) is 84.3 Å². The van der Waals surface area contributed by atoms with E-state index in [1.807, 2.05) is 0 Å². The van der Waals surface area contributed by atoms with Crippen molar-refractivity contribution in [2.24, 2.45) is 0 Å². The van der Waals surface area contributed by atoms with Crippen molar-refractivity contribution in [1.29, 1.82) is 0 Å². The molecule has 0 saturated heterocycles. The molecule has 0 unspecified atom stereocenters. The summed E-state index contributed by atoms with van der Waals surface area (Å²) in [4.78, 5) is 2.49. The van der Waals surface area contributed by atoms with Gasteiger partial charge in [-0.3, -0.25) is 0 Å². The maximum absolute atomic E-state index is 2.51. The second-order valence-electron chi connectivity index (χ2n) is 17.4. The SMILES string of the molecule is CC1(C)CC(C)(C)c2cc(-c3ccc(N(c4ccc5c(c4)C(C)(C)c4ccccc4-5)c4ccc5c(c4)[Si](C)(C)c4ccccc4-5)cc3)ccc21. The molecule has 1 aliphatic heterocycles. The summed E-state index contributed by atoms with van der Waals surface area (Å²) >= 11 is 0. The molecule has 2 heteroatoms. The van der Waals surface area contributed by atoms with E-state index in [1.54, 1.807) is 5.19 Å². The summed E-state index contributed by atoms with van der Waals surface area (Å²) in [5.41, 5.74) is 17.8. The molecule has 0 fully saturated rings. The molecule has 1 nitrogen and oxygen atoms in total. The third kappa shape index (κ3) is 4.44. The first-order valence-corrected chi connectivity index (χ1v) is 21.3. The van der Waals surface area contributed by atoms with Gasteiger partial charge in [-0.25, -0.2) is 0 Å². The van der Waals surface area contributed by atoms with Gasteiger partial charge in [-0.05, 0) is 120 Å². The van der Waals surface area contributed by atoms with Gasteiger partial charge in [0, 0.05) is 22.5 Å². The molecular formula is C48H47NSi. The van der Waals surface area contributed by atoms with Gasteiger partial charge in [-0.1, -0.05) is 146 Å². The van der Waals surface area contributed by atoms with E-state index >= 15 is 0 Å². The number of nitrogens with zero attached hydrogens (tertiary/aromatic N) is 1. The third-order valence-corrected chi connectivity index (χ3v) is 16.0. The zero-order chi connectivity index (χ0) is 34.8. The van der Waals surface area contributed by atoms with Crippen LogP contribution in [-0.2, 0) is 16.2 Å². The summed E-state index contributed by atoms with van der Waals surface area (Å²) < 4.78 is 0. The Labute approximate surface area is 299 Å². The van der Waals surface area contributed by atoms with E-state index in [0.29, 0.717) is 0 Å². The Kier molecular flexibility index (Phi) is 6.54. The van der Waals surface area contributed by atoms with E-state index in [-0.39, 0.29) is 16.2 Å². The van der Waals surface area contributed by atoms with Crippen molar-refractivity contribution in [2.75, 3.05) is 4.90 Å². The summed E-state index contributed by atoms with van der Waals surface area (Å²) in [6.45, 7) is 19.4. The summed E-state index contributed by atoms with van der Waals surface area (Å²) in [5.74, 6) is 0. The van der Waals surface area contributed by atoms with Crippen molar-refractivity contribution >= 4 is 35.5 Å². The Morgan fingerprint density at radius 3 is 1.76 bits per heavy atom. The Morgan fingerprint density at radius 2 is 1.00 bits per heavy atom. The molecule has 0 atom stereocenters. The molecule has 9 rings (SSSR count). The first-order chi connectivity index (χ1) is 23.8. The largest absolute Gasteiger partial charge is 0.310 e. The maximum Gasteiger partial charge on any atom is 0.113 e. The average molecular weight is 666 g/mol. The lowest BCUT2D eigenvalue weighted by Crippen LogP contribution is -2.49. The zero-order valence-electron chi connectivity index (χ0n) is 30.8. The minimum Gasteiger partial charge on any atom is -0.310 e. The molecule has 0 aromatic heterocycles. The van der Waals surface area contributed by atoms with Crippen LogP contribution < -0.4 is 15.3 Å². The molecule has 3 aliphatic rings. The highest BCUT2D eigenvalue weighted by Crippen LogP contribution is 2.52. The quantitative estimate of drug-likeness (QED) is 0.169. The van der Waals surface area contributed by atoms with Gasteiger partial charge in [0.1, 0.15) is 8.07 Å². The second-order valence-corrected chi connectivity index (χ2v) is 21.7. The van der Waals surface area contributed by atoms with Crippen LogP contribution in [0.3, 0.4) is 0 Å². The van der Waals surface area contributed by atoms with Crippen LogP contribution in [0.4, 0.5) is 17.1 Å². The van der Waals surface area contributed by atoms with E-state index in [4.69, 9.17) is 0 Å². The van der Waals surface area contributed by atoms with Crippen molar-refractivity contribution in [2.45, 2.75) is 77.3 Å². The van der Waals surface area contributed by atoms with E-state index in [2.05, 4.69) is 187 Å². The van der Waals surface area contributed by atoms with Crippen LogP contribution in [-0.4, -0.2) is 8.07 Å². The number of anilines is 3. The summed E-state index contributed by atoms with van der Waals surface area (Å²) in [6.07, 6.45) is 1.18. The summed E-state index contributed by atoms with van der Waals surface area (Å²) in [7, 11) is -1.85. The molecule has 0 amide bonds. The van der Waals surface area contributed by atoms with Crippen LogP contribution in [0.5, 0.6) is 0 Å². The molecule has 0 saturated carbocycles. The highest BCUT2D eigenvalue weighted by Gasteiger charge is 2.42. The molecule has 0 spiro atoms. The topological polar surface area (TPSA) is 3.24 Å². The molecular weight excluding hydrogens is 619 g/mol. The van der Waals surface area contributed by atoms with Crippen LogP contribution in [0.1, 0.15) is 70.2 Å². The maximum atomic E-state index is 2.51. The Balaban J connectivity index is 1.18. The van der Waals surface area contributed by atoms with Gasteiger partial charge in [-0.2, -0.15) is 0 Å². The molecule has 1 heterocycles. The highest BCUT2D eigenvalue weighted by atomic mass is 28.3. The minimum atomic E-state index is -1.85. The lowest BCUT2D eigenvalue weighted by Gasteiger charge is -2.29. The number of hydrogen-bond donors (Lipinski definition) is 0. The fraction of sp³-hybridized carbons (Fsp3) is 0.250. The molecule has 6 aromatic carbocycles. The third-order valence-electron chi connectivity index (χ3n) is 12.5. The predicted octanol–water partition coefficient (Wildman–Crippen LogP) is 11.9. The molecule has 50 heavy (non-hydrogen) atoms. The van der Waals surface area contributed by atoms with Gasteiger partial charge in [0.25, 0.3) is 0 Å². The fourth-order valence-electron chi connectivity index (χ4n) is 10.1. The number of fused-ring (bicyclic) bond motifs is 7. The fourth-order valence-corrected chi connectivity index (χ4v) is 13.2. The van der Waals surface area contributed by atoms with Crippen molar-refractivity contribution in [3.63, 3.8) is 0 Å². The zero-order valence-corrected chi connectivity index (χ0v) is 31.8. The first-order valence-electron chi connectivity index (χ1n) is 18.3. The van der Waals surface area contributed by atoms with Crippen LogP contribution >= 0.6 is 0 Å². The summed E-state index contributed by atoms with van der Waals surface area (Å²) in [6, 6.07) is 48.9. The van der Waals surface area contributed by atoms with Crippen LogP contribution in [0.25, 0.3) is 33.4 Å². The second kappa shape index (κ2) is 10.4. The standard InChI is InChI=1S/C48H47NSi/c1-46(2)30-47(3,4)43-27-32(19-26-41(43)46)31-17-20-33(21-18-31)49(34-22-24-37-36-13-9-11-15-40(36)48(5,6)42(37)28-34)35-23-25-39-38-14-10-12-16-44(38)50(7,8)45(39)29-35/h9-29H,30H2,1-8H3. The smallest absolute Gasteiger partial charge is 0.113 e. The monoisotopic (exact) mass is 665 g/mol. The van der Waals surface area contributed by atoms with Crippen LogP contribution in [0, 0.1) is 0 Å². The molecule has 6 aromatic rings. The van der Waals surface area contributed by atoms with Crippen LogP contribution in [0.2, 0.25) is 13.1 Å². The van der Waals surface area contributed by atoms with Crippen molar-refractivity contribution in [3.8, 4) is 33.4 Å². The van der Waals surface area contributed by atoms with Crippen molar-refractivity contribution < 1.29 is 0 Å². The average Bonchev–Trinajstić information content (AvgIpc) is 3.56.